The zero-order chi connectivity index (χ0) is 13.1. The van der Waals surface area contributed by atoms with E-state index in [1.165, 1.54) is 12.3 Å². The average Bonchev–Trinajstić information content (AvgIpc) is 2.35. The van der Waals surface area contributed by atoms with Crippen molar-refractivity contribution in [3.63, 3.8) is 0 Å². The number of non-ortho nitro benzene ring substituents is 1. The lowest BCUT2D eigenvalue weighted by Crippen LogP contribution is -2.00. The number of pyridine rings is 1. The Morgan fingerprint density at radius 3 is 2.94 bits per heavy atom. The van der Waals surface area contributed by atoms with E-state index in [-0.39, 0.29) is 5.69 Å². The Morgan fingerprint density at radius 1 is 1.50 bits per heavy atom. The van der Waals surface area contributed by atoms with E-state index in [1.807, 2.05) is 6.92 Å². The van der Waals surface area contributed by atoms with Gasteiger partial charge in [0, 0.05) is 29.0 Å². The van der Waals surface area contributed by atoms with Crippen molar-refractivity contribution < 1.29 is 4.92 Å². The number of aromatic nitrogens is 1. The van der Waals surface area contributed by atoms with Gasteiger partial charge in [-0.2, -0.15) is 0 Å². The molecule has 18 heavy (non-hydrogen) atoms. The molecule has 0 aliphatic rings. The van der Waals surface area contributed by atoms with Gasteiger partial charge in [0.2, 0.25) is 0 Å². The van der Waals surface area contributed by atoms with Crippen LogP contribution in [-0.4, -0.2) is 16.5 Å². The zero-order valence-corrected chi connectivity index (χ0v) is 9.80. The van der Waals surface area contributed by atoms with Gasteiger partial charge in [-0.3, -0.25) is 15.1 Å². The highest BCUT2D eigenvalue weighted by molar-refractivity contribution is 5.99. The van der Waals surface area contributed by atoms with Crippen LogP contribution in [-0.2, 0) is 0 Å². The Bertz CT molecular complexity index is 659. The minimum Gasteiger partial charge on any atom is -0.374 e. The highest BCUT2D eigenvalue weighted by Crippen LogP contribution is 2.31. The summed E-state index contributed by atoms with van der Waals surface area (Å²) < 4.78 is 0. The van der Waals surface area contributed by atoms with Crippen LogP contribution in [0.2, 0.25) is 0 Å². The van der Waals surface area contributed by atoms with Crippen LogP contribution in [0.25, 0.3) is 10.8 Å². The Labute approximate surface area is 104 Å². The number of nitro benzene ring substituents is 1. The molecule has 90 valence electrons. The molecule has 5 nitrogen and oxygen atoms in total. The maximum Gasteiger partial charge on any atom is 0.278 e. The van der Waals surface area contributed by atoms with Crippen LogP contribution in [0.5, 0.6) is 0 Å². The number of nitro groups is 1. The molecular weight excluding hydrogens is 230 g/mol. The molecule has 0 aliphatic carbocycles. The fourth-order valence-corrected chi connectivity index (χ4v) is 1.79. The van der Waals surface area contributed by atoms with Crippen molar-refractivity contribution >= 4 is 22.1 Å². The molecular formula is C13H11N3O2. The fraction of sp³-hybridized carbons (Fsp3) is 0.154. The number of anilines is 1. The second kappa shape index (κ2) is 4.72. The SMILES string of the molecule is C#CCNc1ccc([N+](=O)[O-])c2cnc(C)cc12. The number of fused-ring (bicyclic) bond motifs is 1. The van der Waals surface area contributed by atoms with E-state index in [2.05, 4.69) is 16.2 Å². The Balaban J connectivity index is 2.68. The molecule has 1 N–H and O–H groups in total. The number of hydrogen-bond donors (Lipinski definition) is 1. The molecule has 0 radical (unpaired) electrons. The van der Waals surface area contributed by atoms with Crippen molar-refractivity contribution in [1.29, 1.82) is 0 Å². The van der Waals surface area contributed by atoms with Gasteiger partial charge in [0.25, 0.3) is 5.69 Å². The molecule has 0 amide bonds. The molecule has 0 atom stereocenters. The van der Waals surface area contributed by atoms with Gasteiger partial charge in [0.1, 0.15) is 0 Å². The number of aryl methyl sites for hydroxylation is 1. The Hall–Kier alpha value is -2.61. The third-order valence-corrected chi connectivity index (χ3v) is 2.59. The summed E-state index contributed by atoms with van der Waals surface area (Å²) in [6, 6.07) is 4.93. The standard InChI is InChI=1S/C13H11N3O2/c1-3-6-14-12-4-5-13(16(17)18)11-8-15-9(2)7-10(11)12/h1,4-5,7-8,14H,6H2,2H3. The van der Waals surface area contributed by atoms with Gasteiger partial charge in [-0.05, 0) is 19.1 Å². The van der Waals surface area contributed by atoms with Gasteiger partial charge in [0.05, 0.1) is 16.9 Å². The van der Waals surface area contributed by atoms with Gasteiger partial charge < -0.3 is 5.32 Å². The normalized spacial score (nSPS) is 10.0. The monoisotopic (exact) mass is 241 g/mol. The van der Waals surface area contributed by atoms with E-state index in [0.717, 1.165) is 16.8 Å². The van der Waals surface area contributed by atoms with E-state index >= 15 is 0 Å². The van der Waals surface area contributed by atoms with Crippen LogP contribution in [0.15, 0.2) is 24.4 Å². The Kier molecular flexibility index (Phi) is 3.11. The van der Waals surface area contributed by atoms with Crippen molar-refractivity contribution in [3.8, 4) is 12.3 Å². The molecule has 0 saturated heterocycles. The van der Waals surface area contributed by atoms with E-state index in [9.17, 15) is 10.1 Å². The first kappa shape index (κ1) is 11.9. The molecule has 1 aromatic heterocycles. The summed E-state index contributed by atoms with van der Waals surface area (Å²) in [5.41, 5.74) is 1.62. The first-order valence-corrected chi connectivity index (χ1v) is 5.34. The van der Waals surface area contributed by atoms with Gasteiger partial charge in [-0.25, -0.2) is 0 Å². The second-order valence-corrected chi connectivity index (χ2v) is 3.82. The molecule has 2 rings (SSSR count). The lowest BCUT2D eigenvalue weighted by Gasteiger charge is -2.08. The first-order chi connectivity index (χ1) is 8.63. The smallest absolute Gasteiger partial charge is 0.278 e. The fourth-order valence-electron chi connectivity index (χ4n) is 1.79. The van der Waals surface area contributed by atoms with E-state index in [0.29, 0.717) is 11.9 Å². The van der Waals surface area contributed by atoms with Crippen molar-refractivity contribution in [2.75, 3.05) is 11.9 Å². The number of hydrogen-bond acceptors (Lipinski definition) is 4. The molecule has 1 aromatic carbocycles. The second-order valence-electron chi connectivity index (χ2n) is 3.82. The van der Waals surface area contributed by atoms with Crippen molar-refractivity contribution in [1.82, 2.24) is 4.98 Å². The topological polar surface area (TPSA) is 68.1 Å². The predicted octanol–water partition coefficient (Wildman–Crippen LogP) is 2.50. The minimum atomic E-state index is -0.412. The number of terminal acetylenes is 1. The highest BCUT2D eigenvalue weighted by atomic mass is 16.6. The Morgan fingerprint density at radius 2 is 2.28 bits per heavy atom. The largest absolute Gasteiger partial charge is 0.374 e. The van der Waals surface area contributed by atoms with Gasteiger partial charge in [0.15, 0.2) is 0 Å². The first-order valence-electron chi connectivity index (χ1n) is 5.34. The third-order valence-electron chi connectivity index (χ3n) is 2.59. The summed E-state index contributed by atoms with van der Waals surface area (Å²) in [4.78, 5) is 14.6. The zero-order valence-electron chi connectivity index (χ0n) is 9.80. The molecule has 5 heteroatoms. The highest BCUT2D eigenvalue weighted by Gasteiger charge is 2.14. The molecule has 1 heterocycles. The number of nitrogens with one attached hydrogen (secondary N) is 1. The molecule has 0 bridgehead atoms. The summed E-state index contributed by atoms with van der Waals surface area (Å²) in [6.45, 7) is 2.21. The van der Waals surface area contributed by atoms with Crippen LogP contribution in [0.3, 0.4) is 0 Å². The molecule has 0 unspecified atom stereocenters. The summed E-state index contributed by atoms with van der Waals surface area (Å²) in [5.74, 6) is 2.47. The molecule has 0 fully saturated rings. The van der Waals surface area contributed by atoms with Crippen molar-refractivity contribution in [3.05, 3.63) is 40.2 Å². The predicted molar refractivity (Wildman–Crippen MR) is 70.5 cm³/mol. The van der Waals surface area contributed by atoms with Crippen LogP contribution >= 0.6 is 0 Å². The number of nitrogens with zero attached hydrogens (tertiary/aromatic N) is 2. The van der Waals surface area contributed by atoms with E-state index in [1.54, 1.807) is 12.1 Å². The quantitative estimate of drug-likeness (QED) is 0.509. The van der Waals surface area contributed by atoms with Crippen molar-refractivity contribution in [2.24, 2.45) is 0 Å². The van der Waals surface area contributed by atoms with Crippen LogP contribution < -0.4 is 5.32 Å². The van der Waals surface area contributed by atoms with Crippen LogP contribution in [0.1, 0.15) is 5.69 Å². The summed E-state index contributed by atoms with van der Waals surface area (Å²) in [7, 11) is 0. The lowest BCUT2D eigenvalue weighted by molar-refractivity contribution is -0.383. The van der Waals surface area contributed by atoms with E-state index in [4.69, 9.17) is 6.42 Å². The summed E-state index contributed by atoms with van der Waals surface area (Å²) in [6.07, 6.45) is 6.71. The number of rotatable bonds is 3. The molecule has 0 aliphatic heterocycles. The van der Waals surface area contributed by atoms with Crippen LogP contribution in [0.4, 0.5) is 11.4 Å². The van der Waals surface area contributed by atoms with Crippen LogP contribution in [0, 0.1) is 29.4 Å². The molecule has 2 aromatic rings. The van der Waals surface area contributed by atoms with Gasteiger partial charge in [-0.15, -0.1) is 6.42 Å². The number of benzene rings is 1. The maximum absolute atomic E-state index is 11.0. The van der Waals surface area contributed by atoms with Crippen molar-refractivity contribution in [2.45, 2.75) is 6.92 Å². The molecule has 0 saturated carbocycles. The summed E-state index contributed by atoms with van der Waals surface area (Å²) >= 11 is 0. The lowest BCUT2D eigenvalue weighted by atomic mass is 10.1. The minimum absolute atomic E-state index is 0.0451. The maximum atomic E-state index is 11.0. The molecule has 0 spiro atoms. The van der Waals surface area contributed by atoms with Gasteiger partial charge >= 0.3 is 0 Å². The average molecular weight is 241 g/mol. The third kappa shape index (κ3) is 2.09. The van der Waals surface area contributed by atoms with E-state index < -0.39 is 4.92 Å². The summed E-state index contributed by atoms with van der Waals surface area (Å²) in [5, 5.41) is 15.3. The van der Waals surface area contributed by atoms with Gasteiger partial charge in [-0.1, -0.05) is 5.92 Å².